The molecule has 1 aromatic heterocycles. The lowest BCUT2D eigenvalue weighted by atomic mass is 10.1. The molecule has 0 atom stereocenters. The molecule has 0 aromatic carbocycles. The van der Waals surface area contributed by atoms with Crippen LogP contribution in [0.15, 0.2) is 6.07 Å². The molecule has 1 N–H and O–H groups in total. The summed E-state index contributed by atoms with van der Waals surface area (Å²) < 4.78 is 2.38. The molecule has 90 valence electrons. The van der Waals surface area contributed by atoms with Crippen molar-refractivity contribution in [2.45, 2.75) is 59.1 Å². The molecule has 1 fully saturated rings. The molecular formula is C14H23NO. The summed E-state index contributed by atoms with van der Waals surface area (Å²) in [6.45, 7) is 9.91. The molecule has 1 aliphatic carbocycles. The van der Waals surface area contributed by atoms with E-state index in [0.717, 1.165) is 25.8 Å². The van der Waals surface area contributed by atoms with E-state index < -0.39 is 0 Å². The number of aromatic nitrogens is 1. The smallest absolute Gasteiger partial charge is 0.0690 e. The van der Waals surface area contributed by atoms with E-state index in [4.69, 9.17) is 0 Å². The maximum Gasteiger partial charge on any atom is 0.0690 e. The summed E-state index contributed by atoms with van der Waals surface area (Å²) in [5.41, 5.74) is 3.62. The van der Waals surface area contributed by atoms with Gasteiger partial charge in [0, 0.05) is 24.4 Å². The van der Waals surface area contributed by atoms with Crippen LogP contribution in [0.2, 0.25) is 0 Å². The molecule has 1 heterocycles. The van der Waals surface area contributed by atoms with Crippen LogP contribution in [-0.4, -0.2) is 15.3 Å². The van der Waals surface area contributed by atoms with E-state index in [1.165, 1.54) is 17.0 Å². The molecule has 0 amide bonds. The number of nitrogens with zero attached hydrogens (tertiary/aromatic N) is 1. The molecule has 1 saturated carbocycles. The highest BCUT2D eigenvalue weighted by molar-refractivity contribution is 5.29. The van der Waals surface area contributed by atoms with Crippen LogP contribution in [0.1, 0.15) is 43.6 Å². The van der Waals surface area contributed by atoms with E-state index in [1.54, 1.807) is 0 Å². The highest BCUT2D eigenvalue weighted by Crippen LogP contribution is 2.39. The lowest BCUT2D eigenvalue weighted by Gasteiger charge is -2.13. The van der Waals surface area contributed by atoms with Gasteiger partial charge in [-0.2, -0.15) is 0 Å². The summed E-state index contributed by atoms with van der Waals surface area (Å²) in [5.74, 6) is 0.668. The Bertz CT molecular complexity index is 386. The number of rotatable bonds is 4. The minimum Gasteiger partial charge on any atom is -0.390 e. The first-order valence-electron chi connectivity index (χ1n) is 6.29. The molecule has 16 heavy (non-hydrogen) atoms. The van der Waals surface area contributed by atoms with Crippen LogP contribution in [0.3, 0.4) is 0 Å². The second-order valence-electron chi connectivity index (χ2n) is 5.80. The summed E-state index contributed by atoms with van der Waals surface area (Å²) in [7, 11) is 0. The monoisotopic (exact) mass is 221 g/mol. The Morgan fingerprint density at radius 3 is 2.50 bits per heavy atom. The molecule has 0 bridgehead atoms. The second kappa shape index (κ2) is 3.92. The SMILES string of the molecule is Cc1cc(CC2(O)CC2)c(C)n1CC(C)C. The van der Waals surface area contributed by atoms with Crippen molar-refractivity contribution >= 4 is 0 Å². The van der Waals surface area contributed by atoms with Crippen molar-refractivity contribution < 1.29 is 5.11 Å². The van der Waals surface area contributed by atoms with Crippen LogP contribution >= 0.6 is 0 Å². The van der Waals surface area contributed by atoms with Gasteiger partial charge in [0.25, 0.3) is 0 Å². The normalized spacial score (nSPS) is 18.1. The molecule has 0 unspecified atom stereocenters. The first-order chi connectivity index (χ1) is 7.41. The molecule has 2 rings (SSSR count). The molecule has 1 aliphatic rings. The van der Waals surface area contributed by atoms with Gasteiger partial charge in [-0.15, -0.1) is 0 Å². The largest absolute Gasteiger partial charge is 0.390 e. The van der Waals surface area contributed by atoms with Gasteiger partial charge in [-0.1, -0.05) is 13.8 Å². The van der Waals surface area contributed by atoms with Crippen LogP contribution < -0.4 is 0 Å². The Labute approximate surface area is 98.3 Å². The topological polar surface area (TPSA) is 25.2 Å². The lowest BCUT2D eigenvalue weighted by molar-refractivity contribution is 0.150. The van der Waals surface area contributed by atoms with E-state index in [2.05, 4.69) is 38.3 Å². The maximum absolute atomic E-state index is 9.98. The van der Waals surface area contributed by atoms with Gasteiger partial charge in [-0.25, -0.2) is 0 Å². The Morgan fingerprint density at radius 2 is 2.00 bits per heavy atom. The Kier molecular flexibility index (Phi) is 2.87. The number of hydrogen-bond donors (Lipinski definition) is 1. The molecule has 1 aromatic rings. The molecule has 0 radical (unpaired) electrons. The summed E-state index contributed by atoms with van der Waals surface area (Å²) in [5, 5.41) is 9.98. The van der Waals surface area contributed by atoms with Gasteiger partial charge in [0.1, 0.15) is 0 Å². The molecule has 0 aliphatic heterocycles. The third-order valence-electron chi connectivity index (χ3n) is 3.57. The van der Waals surface area contributed by atoms with Crippen molar-refractivity contribution in [1.29, 1.82) is 0 Å². The molecule has 2 heteroatoms. The Morgan fingerprint density at radius 1 is 1.38 bits per heavy atom. The van der Waals surface area contributed by atoms with Crippen molar-refractivity contribution in [1.82, 2.24) is 4.57 Å². The summed E-state index contributed by atoms with van der Waals surface area (Å²) in [4.78, 5) is 0. The van der Waals surface area contributed by atoms with Gasteiger partial charge in [0.05, 0.1) is 5.60 Å². The first-order valence-corrected chi connectivity index (χ1v) is 6.29. The van der Waals surface area contributed by atoms with Crippen molar-refractivity contribution in [3.05, 3.63) is 23.0 Å². The zero-order valence-electron chi connectivity index (χ0n) is 10.9. The van der Waals surface area contributed by atoms with Crippen LogP contribution in [0.5, 0.6) is 0 Å². The zero-order chi connectivity index (χ0) is 11.9. The van der Waals surface area contributed by atoms with Gasteiger partial charge < -0.3 is 9.67 Å². The molecule has 0 saturated heterocycles. The molecule has 0 spiro atoms. The van der Waals surface area contributed by atoms with E-state index in [9.17, 15) is 5.11 Å². The van der Waals surface area contributed by atoms with Gasteiger partial charge in [-0.3, -0.25) is 0 Å². The Balaban J connectivity index is 2.20. The fraction of sp³-hybridized carbons (Fsp3) is 0.714. The summed E-state index contributed by atoms with van der Waals surface area (Å²) >= 11 is 0. The number of hydrogen-bond acceptors (Lipinski definition) is 1. The fourth-order valence-corrected chi connectivity index (χ4v) is 2.37. The van der Waals surface area contributed by atoms with Crippen LogP contribution in [0.25, 0.3) is 0 Å². The first kappa shape index (κ1) is 11.7. The van der Waals surface area contributed by atoms with Gasteiger partial charge in [0.2, 0.25) is 0 Å². The minimum absolute atomic E-state index is 0.374. The van der Waals surface area contributed by atoms with Gasteiger partial charge >= 0.3 is 0 Å². The van der Waals surface area contributed by atoms with Crippen molar-refractivity contribution in [2.24, 2.45) is 5.92 Å². The average Bonchev–Trinajstić information content (AvgIpc) is 2.84. The van der Waals surface area contributed by atoms with Crippen molar-refractivity contribution in [3.63, 3.8) is 0 Å². The molecular weight excluding hydrogens is 198 g/mol. The van der Waals surface area contributed by atoms with Crippen molar-refractivity contribution in [2.75, 3.05) is 0 Å². The number of aryl methyl sites for hydroxylation is 1. The van der Waals surface area contributed by atoms with E-state index >= 15 is 0 Å². The number of aliphatic hydroxyl groups is 1. The predicted octanol–water partition coefficient (Wildman–Crippen LogP) is 2.83. The van der Waals surface area contributed by atoms with Gasteiger partial charge in [0.15, 0.2) is 0 Å². The maximum atomic E-state index is 9.98. The Hall–Kier alpha value is -0.760. The third-order valence-corrected chi connectivity index (χ3v) is 3.57. The van der Waals surface area contributed by atoms with Crippen LogP contribution in [0.4, 0.5) is 0 Å². The average molecular weight is 221 g/mol. The second-order valence-corrected chi connectivity index (χ2v) is 5.80. The van der Waals surface area contributed by atoms with E-state index in [-0.39, 0.29) is 5.60 Å². The highest BCUT2D eigenvalue weighted by atomic mass is 16.3. The van der Waals surface area contributed by atoms with Gasteiger partial charge in [-0.05, 0) is 44.2 Å². The van der Waals surface area contributed by atoms with Crippen LogP contribution in [-0.2, 0) is 13.0 Å². The molecule has 2 nitrogen and oxygen atoms in total. The van der Waals surface area contributed by atoms with Crippen molar-refractivity contribution in [3.8, 4) is 0 Å². The summed E-state index contributed by atoms with van der Waals surface area (Å²) in [6, 6.07) is 2.24. The van der Waals surface area contributed by atoms with E-state index in [1.807, 2.05) is 0 Å². The minimum atomic E-state index is -0.374. The van der Waals surface area contributed by atoms with Crippen LogP contribution in [0, 0.1) is 19.8 Å². The quantitative estimate of drug-likeness (QED) is 0.831. The lowest BCUT2D eigenvalue weighted by Crippen LogP contribution is -2.12. The predicted molar refractivity (Wildman–Crippen MR) is 66.6 cm³/mol. The standard InChI is InChI=1S/C14H23NO/c1-10(2)9-15-11(3)7-13(12(15)4)8-14(16)5-6-14/h7,10,16H,5-6,8-9H2,1-4H3. The van der Waals surface area contributed by atoms with E-state index in [0.29, 0.717) is 5.92 Å². The fourth-order valence-electron chi connectivity index (χ4n) is 2.37. The highest BCUT2D eigenvalue weighted by Gasteiger charge is 2.40. The third kappa shape index (κ3) is 2.32. The zero-order valence-corrected chi connectivity index (χ0v) is 10.9. The summed E-state index contributed by atoms with van der Waals surface area (Å²) in [6.07, 6.45) is 2.78.